The third kappa shape index (κ3) is 3.77. The highest BCUT2D eigenvalue weighted by molar-refractivity contribution is 7.21. The van der Waals surface area contributed by atoms with Gasteiger partial charge in [-0.15, -0.1) is 11.3 Å². The van der Waals surface area contributed by atoms with Crippen LogP contribution < -0.4 is 5.32 Å². The van der Waals surface area contributed by atoms with Crippen LogP contribution in [-0.4, -0.2) is 18.0 Å². The molecule has 3 rings (SSSR count). The minimum Gasteiger partial charge on any atom is -0.448 e. The first-order chi connectivity index (χ1) is 12.8. The van der Waals surface area contributed by atoms with Crippen LogP contribution in [-0.2, 0) is 9.53 Å². The third-order valence-corrected chi connectivity index (χ3v) is 5.32. The Kier molecular flexibility index (Phi) is 5.38. The first kappa shape index (κ1) is 19.2. The van der Waals surface area contributed by atoms with Crippen LogP contribution in [0.15, 0.2) is 36.4 Å². The van der Waals surface area contributed by atoms with Crippen LogP contribution in [0, 0.1) is 17.5 Å². The van der Waals surface area contributed by atoms with E-state index in [4.69, 9.17) is 16.3 Å². The van der Waals surface area contributed by atoms with E-state index in [1.807, 2.05) is 5.32 Å². The van der Waals surface area contributed by atoms with Gasteiger partial charge in [-0.05, 0) is 25.1 Å². The fourth-order valence-electron chi connectivity index (χ4n) is 2.27. The van der Waals surface area contributed by atoms with Crippen molar-refractivity contribution in [3.05, 3.63) is 63.7 Å². The zero-order valence-corrected chi connectivity index (χ0v) is 15.3. The minimum absolute atomic E-state index is 0.122. The molecule has 0 fully saturated rings. The fourth-order valence-corrected chi connectivity index (χ4v) is 3.66. The Bertz CT molecular complexity index is 1050. The predicted molar refractivity (Wildman–Crippen MR) is 96.7 cm³/mol. The second-order valence-electron chi connectivity index (χ2n) is 5.50. The summed E-state index contributed by atoms with van der Waals surface area (Å²) in [5.41, 5.74) is -0.568. The van der Waals surface area contributed by atoms with Crippen LogP contribution in [0.5, 0.6) is 0 Å². The van der Waals surface area contributed by atoms with E-state index in [0.29, 0.717) is 11.5 Å². The van der Waals surface area contributed by atoms with Gasteiger partial charge in [0, 0.05) is 10.1 Å². The van der Waals surface area contributed by atoms with Crippen molar-refractivity contribution in [2.75, 3.05) is 5.32 Å². The molecule has 3 aromatic rings. The summed E-state index contributed by atoms with van der Waals surface area (Å²) in [6.07, 6.45) is -1.33. The molecule has 0 aliphatic rings. The van der Waals surface area contributed by atoms with E-state index in [1.165, 1.54) is 6.92 Å². The van der Waals surface area contributed by atoms with E-state index < -0.39 is 41.1 Å². The second-order valence-corrected chi connectivity index (χ2v) is 6.93. The van der Waals surface area contributed by atoms with Crippen molar-refractivity contribution in [3.8, 4) is 0 Å². The van der Waals surface area contributed by atoms with Crippen molar-refractivity contribution in [1.29, 1.82) is 0 Å². The molecule has 0 saturated carbocycles. The van der Waals surface area contributed by atoms with E-state index in [0.717, 1.165) is 22.1 Å². The largest absolute Gasteiger partial charge is 0.448 e. The van der Waals surface area contributed by atoms with Gasteiger partial charge in [0.1, 0.15) is 4.88 Å². The number of hydrogen-bond acceptors (Lipinski definition) is 4. The zero-order chi connectivity index (χ0) is 19.7. The second kappa shape index (κ2) is 7.58. The molecule has 1 amide bonds. The number of benzene rings is 2. The van der Waals surface area contributed by atoms with Crippen molar-refractivity contribution in [3.63, 3.8) is 0 Å². The number of thiophene rings is 1. The molecule has 2 aromatic carbocycles. The summed E-state index contributed by atoms with van der Waals surface area (Å²) in [7, 11) is 0. The van der Waals surface area contributed by atoms with Crippen molar-refractivity contribution < 1.29 is 27.5 Å². The van der Waals surface area contributed by atoms with E-state index in [2.05, 4.69) is 0 Å². The molecule has 1 heterocycles. The Hall–Kier alpha value is -2.58. The molecule has 0 saturated heterocycles. The lowest BCUT2D eigenvalue weighted by atomic mass is 10.2. The average molecular weight is 414 g/mol. The summed E-state index contributed by atoms with van der Waals surface area (Å²) in [6, 6.07) is 8.61. The van der Waals surface area contributed by atoms with Gasteiger partial charge in [-0.2, -0.15) is 0 Å². The molecule has 4 nitrogen and oxygen atoms in total. The van der Waals surface area contributed by atoms with Crippen molar-refractivity contribution in [2.24, 2.45) is 0 Å². The van der Waals surface area contributed by atoms with Gasteiger partial charge >= 0.3 is 5.97 Å². The van der Waals surface area contributed by atoms with Gasteiger partial charge in [0.05, 0.1) is 10.7 Å². The summed E-state index contributed by atoms with van der Waals surface area (Å²) in [6.45, 7) is 1.26. The molecule has 9 heteroatoms. The topological polar surface area (TPSA) is 55.4 Å². The molecule has 0 spiro atoms. The molecule has 0 aliphatic carbocycles. The maximum absolute atomic E-state index is 13.6. The minimum atomic E-state index is -1.71. The Balaban J connectivity index is 1.73. The zero-order valence-electron chi connectivity index (χ0n) is 13.7. The third-order valence-electron chi connectivity index (χ3n) is 3.67. The predicted octanol–water partition coefficient (Wildman–Crippen LogP) is 5.16. The number of carbonyl (C=O) groups excluding carboxylic acids is 2. The highest BCUT2D eigenvalue weighted by Gasteiger charge is 2.25. The number of esters is 1. The highest BCUT2D eigenvalue weighted by Crippen LogP contribution is 2.35. The van der Waals surface area contributed by atoms with E-state index in [1.54, 1.807) is 24.3 Å². The Morgan fingerprint density at radius 3 is 2.52 bits per heavy atom. The molecule has 0 aliphatic heterocycles. The van der Waals surface area contributed by atoms with Gasteiger partial charge in [-0.1, -0.05) is 29.8 Å². The first-order valence-corrected chi connectivity index (χ1v) is 8.81. The van der Waals surface area contributed by atoms with Gasteiger partial charge in [0.15, 0.2) is 23.6 Å². The normalized spacial score (nSPS) is 12.0. The molecule has 1 atom stereocenters. The standard InChI is InChI=1S/C18H11ClF3NO3S/c1-8(17(24)23-11-7-6-10(20)14(21)15(11)22)26-18(25)16-13(19)9-4-2-3-5-12(9)27-16/h2-8H,1H3,(H,23,24). The number of anilines is 1. The molecule has 0 bridgehead atoms. The van der Waals surface area contributed by atoms with Crippen LogP contribution in [0.25, 0.3) is 10.1 Å². The number of ether oxygens (including phenoxy) is 1. The van der Waals surface area contributed by atoms with Crippen molar-refractivity contribution in [1.82, 2.24) is 0 Å². The van der Waals surface area contributed by atoms with Crippen LogP contribution in [0.4, 0.5) is 18.9 Å². The molecular formula is C18H11ClF3NO3S. The Morgan fingerprint density at radius 1 is 1.11 bits per heavy atom. The molecule has 140 valence electrons. The van der Waals surface area contributed by atoms with Crippen LogP contribution in [0.2, 0.25) is 5.02 Å². The summed E-state index contributed by atoms with van der Waals surface area (Å²) in [4.78, 5) is 24.5. The maximum atomic E-state index is 13.6. The number of hydrogen-bond donors (Lipinski definition) is 1. The van der Waals surface area contributed by atoms with Crippen LogP contribution in [0.3, 0.4) is 0 Å². The number of halogens is 4. The summed E-state index contributed by atoms with van der Waals surface area (Å²) in [5.74, 6) is -6.38. The lowest BCUT2D eigenvalue weighted by Gasteiger charge is -2.13. The Labute approximate surface area is 160 Å². The van der Waals surface area contributed by atoms with Crippen molar-refractivity contribution >= 4 is 50.6 Å². The summed E-state index contributed by atoms with van der Waals surface area (Å²) in [5, 5.41) is 2.93. The number of fused-ring (bicyclic) bond motifs is 1. The molecule has 1 unspecified atom stereocenters. The van der Waals surface area contributed by atoms with Gasteiger partial charge in [-0.25, -0.2) is 18.0 Å². The summed E-state index contributed by atoms with van der Waals surface area (Å²) >= 11 is 7.29. The van der Waals surface area contributed by atoms with Gasteiger partial charge in [-0.3, -0.25) is 4.79 Å². The van der Waals surface area contributed by atoms with Gasteiger partial charge < -0.3 is 10.1 Å². The van der Waals surface area contributed by atoms with Crippen LogP contribution in [0.1, 0.15) is 16.6 Å². The Morgan fingerprint density at radius 2 is 1.81 bits per heavy atom. The number of amides is 1. The van der Waals surface area contributed by atoms with E-state index in [-0.39, 0.29) is 9.90 Å². The lowest BCUT2D eigenvalue weighted by molar-refractivity contribution is -0.123. The van der Waals surface area contributed by atoms with Crippen molar-refractivity contribution in [2.45, 2.75) is 13.0 Å². The molecular weight excluding hydrogens is 403 g/mol. The first-order valence-electron chi connectivity index (χ1n) is 7.62. The average Bonchev–Trinajstić information content (AvgIpc) is 2.99. The number of rotatable bonds is 4. The maximum Gasteiger partial charge on any atom is 0.350 e. The highest BCUT2D eigenvalue weighted by atomic mass is 35.5. The monoisotopic (exact) mass is 413 g/mol. The quantitative estimate of drug-likeness (QED) is 0.475. The molecule has 0 radical (unpaired) electrons. The van der Waals surface area contributed by atoms with Crippen LogP contribution >= 0.6 is 22.9 Å². The summed E-state index contributed by atoms with van der Waals surface area (Å²) < 4.78 is 45.6. The molecule has 1 aromatic heterocycles. The van der Waals surface area contributed by atoms with E-state index >= 15 is 0 Å². The fraction of sp³-hybridized carbons (Fsp3) is 0.111. The molecule has 27 heavy (non-hydrogen) atoms. The lowest BCUT2D eigenvalue weighted by Crippen LogP contribution is -2.30. The van der Waals surface area contributed by atoms with Gasteiger partial charge in [0.25, 0.3) is 5.91 Å². The number of carbonyl (C=O) groups is 2. The SMILES string of the molecule is CC(OC(=O)c1sc2ccccc2c1Cl)C(=O)Nc1ccc(F)c(F)c1F. The smallest absolute Gasteiger partial charge is 0.350 e. The van der Waals surface area contributed by atoms with Gasteiger partial charge in [0.2, 0.25) is 0 Å². The van der Waals surface area contributed by atoms with E-state index in [9.17, 15) is 22.8 Å². The molecule has 1 N–H and O–H groups in total. The number of nitrogens with one attached hydrogen (secondary N) is 1.